The van der Waals surface area contributed by atoms with E-state index in [0.717, 1.165) is 5.39 Å². The number of carbonyl (C=O) groups is 1. The summed E-state index contributed by atoms with van der Waals surface area (Å²) in [6.45, 7) is 0. The van der Waals surface area contributed by atoms with Crippen LogP contribution in [0.3, 0.4) is 0 Å². The fourth-order valence-corrected chi connectivity index (χ4v) is 1.56. The van der Waals surface area contributed by atoms with Crippen LogP contribution in [-0.4, -0.2) is 3.79 Å². The van der Waals surface area contributed by atoms with E-state index in [2.05, 4.69) is 0 Å². The van der Waals surface area contributed by atoms with Gasteiger partial charge < -0.3 is 4.42 Å². The average Bonchev–Trinajstić information content (AvgIpc) is 2.46. The summed E-state index contributed by atoms with van der Waals surface area (Å²) in [5.41, 5.74) is 0.685. The van der Waals surface area contributed by atoms with Gasteiger partial charge in [0, 0.05) is 33.0 Å². The third-order valence-corrected chi connectivity index (χ3v) is 2.44. The van der Waals surface area contributed by atoms with Crippen LogP contribution in [0, 0.1) is 0 Å². The highest BCUT2D eigenvalue weighted by atomic mass is 127. The molecule has 0 aliphatic carbocycles. The van der Waals surface area contributed by atoms with Crippen LogP contribution in [0.1, 0.15) is 10.6 Å². The molecule has 0 spiro atoms. The van der Waals surface area contributed by atoms with Crippen molar-refractivity contribution in [3.05, 3.63) is 35.0 Å². The number of fused-ring (bicyclic) bond motifs is 1. The Morgan fingerprint density at radius 1 is 1.38 bits per heavy atom. The summed E-state index contributed by atoms with van der Waals surface area (Å²) in [5, 5.41) is 1.49. The van der Waals surface area contributed by atoms with Crippen LogP contribution < -0.4 is 0 Å². The first-order valence-electron chi connectivity index (χ1n) is 3.56. The third kappa shape index (κ3) is 1.71. The van der Waals surface area contributed by atoms with Crippen LogP contribution in [0.25, 0.3) is 11.0 Å². The van der Waals surface area contributed by atoms with E-state index in [9.17, 15) is 4.79 Å². The molecule has 0 saturated heterocycles. The van der Waals surface area contributed by atoms with Crippen molar-refractivity contribution in [3.63, 3.8) is 0 Å². The molecule has 0 aliphatic rings. The van der Waals surface area contributed by atoms with Gasteiger partial charge in [0.05, 0.1) is 0 Å². The van der Waals surface area contributed by atoms with E-state index < -0.39 is 0 Å². The van der Waals surface area contributed by atoms with Crippen molar-refractivity contribution in [1.29, 1.82) is 0 Å². The summed E-state index contributed by atoms with van der Waals surface area (Å²) < 4.78 is 5.16. The number of hydrogen-bond acceptors (Lipinski definition) is 2. The van der Waals surface area contributed by atoms with Gasteiger partial charge in [0.15, 0.2) is 5.76 Å². The molecule has 2 nitrogen and oxygen atoms in total. The number of hydrogen-bond donors (Lipinski definition) is 0. The number of furan rings is 1. The highest BCUT2D eigenvalue weighted by Crippen LogP contribution is 2.24. The highest BCUT2D eigenvalue weighted by Gasteiger charge is 2.08. The minimum Gasteiger partial charge on any atom is -0.452 e. The highest BCUT2D eigenvalue weighted by molar-refractivity contribution is 14.1. The van der Waals surface area contributed by atoms with Gasteiger partial charge >= 0.3 is 0 Å². The first kappa shape index (κ1) is 9.02. The maximum Gasteiger partial charge on any atom is 0.257 e. The van der Waals surface area contributed by atoms with Crippen molar-refractivity contribution in [2.24, 2.45) is 0 Å². The summed E-state index contributed by atoms with van der Waals surface area (Å²) in [6, 6.07) is 6.94. The SMILES string of the molecule is O=C(I)c1cc2cc(Cl)ccc2o1. The Bertz CT molecular complexity index is 475. The third-order valence-electron chi connectivity index (χ3n) is 1.67. The molecule has 0 aliphatic heterocycles. The number of rotatable bonds is 1. The molecule has 1 heterocycles. The predicted octanol–water partition coefficient (Wildman–Crippen LogP) is 3.66. The van der Waals surface area contributed by atoms with Gasteiger partial charge in [-0.25, -0.2) is 0 Å². The number of halogens is 2. The molecule has 0 saturated carbocycles. The Kier molecular flexibility index (Phi) is 2.29. The first-order valence-corrected chi connectivity index (χ1v) is 5.01. The zero-order valence-corrected chi connectivity index (χ0v) is 9.30. The molecule has 0 fully saturated rings. The maximum atomic E-state index is 11.0. The zero-order chi connectivity index (χ0) is 9.42. The monoisotopic (exact) mass is 306 g/mol. The Morgan fingerprint density at radius 3 is 2.85 bits per heavy atom. The second kappa shape index (κ2) is 3.31. The molecule has 1 aromatic carbocycles. The molecular weight excluding hydrogens is 302 g/mol. The Balaban J connectivity index is 2.68. The van der Waals surface area contributed by atoms with Crippen LogP contribution in [0.2, 0.25) is 5.02 Å². The molecule has 0 N–H and O–H groups in total. The first-order chi connectivity index (χ1) is 6.16. The van der Waals surface area contributed by atoms with Crippen molar-refractivity contribution < 1.29 is 9.21 Å². The van der Waals surface area contributed by atoms with Gasteiger partial charge in [0.2, 0.25) is 0 Å². The molecule has 0 amide bonds. The molecule has 2 rings (SSSR count). The van der Waals surface area contributed by atoms with E-state index in [-0.39, 0.29) is 3.79 Å². The van der Waals surface area contributed by atoms with E-state index in [0.29, 0.717) is 16.4 Å². The summed E-state index contributed by atoms with van der Waals surface area (Å²) >= 11 is 7.47. The van der Waals surface area contributed by atoms with Gasteiger partial charge in [-0.3, -0.25) is 4.79 Å². The minimum atomic E-state index is -0.107. The van der Waals surface area contributed by atoms with Crippen molar-refractivity contribution in [2.75, 3.05) is 0 Å². The Hall–Kier alpha value is -0.550. The fraction of sp³-hybridized carbons (Fsp3) is 0. The lowest BCUT2D eigenvalue weighted by atomic mass is 10.2. The van der Waals surface area contributed by atoms with E-state index in [1.807, 2.05) is 0 Å². The molecular formula is C9H4ClIO2. The molecule has 2 aromatic rings. The van der Waals surface area contributed by atoms with Crippen molar-refractivity contribution in [1.82, 2.24) is 0 Å². The second-order valence-electron chi connectivity index (χ2n) is 2.57. The summed E-state index contributed by atoms with van der Waals surface area (Å²) in [5.74, 6) is 0.359. The lowest BCUT2D eigenvalue weighted by Gasteiger charge is -1.87. The van der Waals surface area contributed by atoms with Crippen LogP contribution in [0.15, 0.2) is 28.7 Å². The van der Waals surface area contributed by atoms with Crippen molar-refractivity contribution in [2.45, 2.75) is 0 Å². The molecule has 0 radical (unpaired) electrons. The normalized spacial score (nSPS) is 10.6. The van der Waals surface area contributed by atoms with Crippen LogP contribution in [0.4, 0.5) is 0 Å². The van der Waals surface area contributed by atoms with Gasteiger partial charge in [-0.2, -0.15) is 0 Å². The summed E-state index contributed by atoms with van der Waals surface area (Å²) in [6.07, 6.45) is 0. The number of carbonyl (C=O) groups excluding carboxylic acids is 1. The number of benzene rings is 1. The van der Waals surface area contributed by atoms with Gasteiger partial charge in [0.25, 0.3) is 3.79 Å². The zero-order valence-electron chi connectivity index (χ0n) is 6.38. The molecule has 66 valence electrons. The largest absolute Gasteiger partial charge is 0.452 e. The van der Waals surface area contributed by atoms with Gasteiger partial charge in [0.1, 0.15) is 5.58 Å². The van der Waals surface area contributed by atoms with Crippen molar-refractivity contribution >= 4 is 49.0 Å². The van der Waals surface area contributed by atoms with Crippen LogP contribution in [-0.2, 0) is 0 Å². The van der Waals surface area contributed by atoms with E-state index in [1.165, 1.54) is 0 Å². The standard InChI is InChI=1S/C9H4ClIO2/c10-6-1-2-7-5(3-6)4-8(13-7)9(11)12/h1-4H. The molecule has 4 heteroatoms. The predicted molar refractivity (Wildman–Crippen MR) is 59.6 cm³/mol. The quantitative estimate of drug-likeness (QED) is 0.594. The van der Waals surface area contributed by atoms with Crippen LogP contribution >= 0.6 is 34.2 Å². The maximum absolute atomic E-state index is 11.0. The second-order valence-corrected chi connectivity index (χ2v) is 3.98. The lowest BCUT2D eigenvalue weighted by Crippen LogP contribution is -1.79. The molecule has 1 aromatic heterocycles. The van der Waals surface area contributed by atoms with Crippen LogP contribution in [0.5, 0.6) is 0 Å². The summed E-state index contributed by atoms with van der Waals surface area (Å²) in [7, 11) is 0. The molecule has 13 heavy (non-hydrogen) atoms. The summed E-state index contributed by atoms with van der Waals surface area (Å²) in [4.78, 5) is 11.0. The van der Waals surface area contributed by atoms with E-state index in [1.54, 1.807) is 46.9 Å². The molecule has 0 atom stereocenters. The van der Waals surface area contributed by atoms with E-state index >= 15 is 0 Å². The molecule has 0 unspecified atom stereocenters. The average molecular weight is 306 g/mol. The van der Waals surface area contributed by atoms with Gasteiger partial charge in [-0.15, -0.1) is 0 Å². The Morgan fingerprint density at radius 2 is 2.15 bits per heavy atom. The smallest absolute Gasteiger partial charge is 0.257 e. The van der Waals surface area contributed by atoms with Gasteiger partial charge in [-0.05, 0) is 24.3 Å². The molecule has 0 bridgehead atoms. The van der Waals surface area contributed by atoms with E-state index in [4.69, 9.17) is 16.0 Å². The fourth-order valence-electron chi connectivity index (χ4n) is 1.11. The topological polar surface area (TPSA) is 30.2 Å². The van der Waals surface area contributed by atoms with Crippen molar-refractivity contribution in [3.8, 4) is 0 Å². The van der Waals surface area contributed by atoms with Gasteiger partial charge in [-0.1, -0.05) is 11.6 Å². The lowest BCUT2D eigenvalue weighted by molar-refractivity contribution is 0.108. The Labute approximate surface area is 93.0 Å². The minimum absolute atomic E-state index is 0.107.